The van der Waals surface area contributed by atoms with Crippen LogP contribution >= 0.6 is 0 Å². The van der Waals surface area contributed by atoms with E-state index in [2.05, 4.69) is 4.90 Å². The number of piperazine rings is 1. The molecule has 0 radical (unpaired) electrons. The van der Waals surface area contributed by atoms with E-state index < -0.39 is 6.10 Å². The van der Waals surface area contributed by atoms with E-state index in [1.165, 1.54) is 0 Å². The van der Waals surface area contributed by atoms with Crippen LogP contribution in [0.1, 0.15) is 11.7 Å². The second-order valence-corrected chi connectivity index (χ2v) is 6.10. The summed E-state index contributed by atoms with van der Waals surface area (Å²) in [5.74, 6) is 0. The van der Waals surface area contributed by atoms with Crippen LogP contribution in [0.4, 0.5) is 4.79 Å². The second kappa shape index (κ2) is 7.77. The van der Waals surface area contributed by atoms with Crippen LogP contribution < -0.4 is 0 Å². The summed E-state index contributed by atoms with van der Waals surface area (Å²) in [7, 11) is 0. The number of morpholine rings is 1. The first-order valence-electron chi connectivity index (χ1n) is 8.31. The summed E-state index contributed by atoms with van der Waals surface area (Å²) in [6, 6.07) is 9.85. The lowest BCUT2D eigenvalue weighted by Gasteiger charge is -2.39. The van der Waals surface area contributed by atoms with Crippen molar-refractivity contribution < 1.29 is 14.6 Å². The molecule has 0 aromatic heterocycles. The van der Waals surface area contributed by atoms with Gasteiger partial charge in [-0.3, -0.25) is 4.90 Å². The molecule has 1 unspecified atom stereocenters. The van der Waals surface area contributed by atoms with Crippen molar-refractivity contribution in [2.24, 2.45) is 0 Å². The summed E-state index contributed by atoms with van der Waals surface area (Å²) < 4.78 is 5.29. The highest BCUT2D eigenvalue weighted by atomic mass is 16.5. The SMILES string of the molecule is O=C(N1CCOCC1)N1CCN(CC(O)c2ccccc2)CC1. The van der Waals surface area contributed by atoms with E-state index >= 15 is 0 Å². The molecule has 2 aliphatic heterocycles. The number of amides is 2. The Hall–Kier alpha value is -1.63. The molecule has 2 aliphatic rings. The predicted molar refractivity (Wildman–Crippen MR) is 87.2 cm³/mol. The van der Waals surface area contributed by atoms with Gasteiger partial charge in [-0.25, -0.2) is 4.79 Å². The zero-order valence-corrected chi connectivity index (χ0v) is 13.4. The van der Waals surface area contributed by atoms with Gasteiger partial charge in [-0.05, 0) is 5.56 Å². The summed E-state index contributed by atoms with van der Waals surface area (Å²) >= 11 is 0. The first kappa shape index (κ1) is 16.2. The number of rotatable bonds is 3. The molecule has 6 nitrogen and oxygen atoms in total. The topological polar surface area (TPSA) is 56.2 Å². The van der Waals surface area contributed by atoms with Crippen molar-refractivity contribution in [3.8, 4) is 0 Å². The number of aliphatic hydroxyl groups excluding tert-OH is 1. The molecule has 2 fully saturated rings. The average Bonchev–Trinajstić information content (AvgIpc) is 2.63. The van der Waals surface area contributed by atoms with E-state index in [4.69, 9.17) is 4.74 Å². The highest BCUT2D eigenvalue weighted by molar-refractivity contribution is 5.74. The summed E-state index contributed by atoms with van der Waals surface area (Å²) in [5, 5.41) is 10.3. The van der Waals surface area contributed by atoms with Gasteiger partial charge in [-0.2, -0.15) is 0 Å². The number of β-amino-alcohol motifs (C(OH)–C–C–N with tert-alkyl or cyclic N) is 1. The Labute approximate surface area is 137 Å². The molecule has 0 bridgehead atoms. The summed E-state index contributed by atoms with van der Waals surface area (Å²) in [6.07, 6.45) is -0.474. The van der Waals surface area contributed by atoms with E-state index in [0.29, 0.717) is 32.8 Å². The minimum atomic E-state index is -0.474. The van der Waals surface area contributed by atoms with Crippen molar-refractivity contribution in [3.05, 3.63) is 35.9 Å². The van der Waals surface area contributed by atoms with Gasteiger partial charge in [0.2, 0.25) is 0 Å². The fourth-order valence-corrected chi connectivity index (χ4v) is 3.10. The molecule has 0 spiro atoms. The van der Waals surface area contributed by atoms with Crippen LogP contribution in [0.25, 0.3) is 0 Å². The Morgan fingerprint density at radius 2 is 1.61 bits per heavy atom. The molecule has 2 saturated heterocycles. The largest absolute Gasteiger partial charge is 0.387 e. The number of carbonyl (C=O) groups excluding carboxylic acids is 1. The Morgan fingerprint density at radius 3 is 2.26 bits per heavy atom. The third-order valence-corrected chi connectivity index (χ3v) is 4.54. The molecule has 2 heterocycles. The number of ether oxygens (including phenoxy) is 1. The van der Waals surface area contributed by atoms with Gasteiger partial charge in [0.05, 0.1) is 19.3 Å². The number of hydrogen-bond acceptors (Lipinski definition) is 4. The molecule has 2 amide bonds. The lowest BCUT2D eigenvalue weighted by atomic mass is 10.1. The maximum atomic E-state index is 12.4. The van der Waals surface area contributed by atoms with Crippen LogP contribution in [0.3, 0.4) is 0 Å². The van der Waals surface area contributed by atoms with Crippen LogP contribution in [0.2, 0.25) is 0 Å². The van der Waals surface area contributed by atoms with Gasteiger partial charge in [0.25, 0.3) is 0 Å². The normalized spacial score (nSPS) is 21.3. The maximum absolute atomic E-state index is 12.4. The van der Waals surface area contributed by atoms with E-state index in [0.717, 1.165) is 31.7 Å². The minimum absolute atomic E-state index is 0.122. The van der Waals surface area contributed by atoms with Gasteiger partial charge in [0.15, 0.2) is 0 Å². The van der Waals surface area contributed by atoms with Crippen LogP contribution in [0, 0.1) is 0 Å². The second-order valence-electron chi connectivity index (χ2n) is 6.10. The highest BCUT2D eigenvalue weighted by Gasteiger charge is 2.27. The molecule has 0 aliphatic carbocycles. The van der Waals surface area contributed by atoms with E-state index in [1.54, 1.807) is 0 Å². The number of hydrogen-bond donors (Lipinski definition) is 1. The Balaban J connectivity index is 1.45. The molecule has 1 aromatic carbocycles. The van der Waals surface area contributed by atoms with Crippen molar-refractivity contribution in [3.63, 3.8) is 0 Å². The fourth-order valence-electron chi connectivity index (χ4n) is 3.10. The molecular formula is C17H25N3O3. The summed E-state index contributed by atoms with van der Waals surface area (Å²) in [4.78, 5) is 18.4. The number of carbonyl (C=O) groups is 1. The van der Waals surface area contributed by atoms with Crippen molar-refractivity contribution >= 4 is 6.03 Å². The average molecular weight is 319 g/mol. The zero-order valence-electron chi connectivity index (χ0n) is 13.4. The number of urea groups is 1. The first-order valence-corrected chi connectivity index (χ1v) is 8.31. The zero-order chi connectivity index (χ0) is 16.1. The molecular weight excluding hydrogens is 294 g/mol. The minimum Gasteiger partial charge on any atom is -0.387 e. The maximum Gasteiger partial charge on any atom is 0.320 e. The first-order chi connectivity index (χ1) is 11.2. The summed E-state index contributed by atoms with van der Waals surface area (Å²) in [6.45, 7) is 6.31. The number of benzene rings is 1. The number of aliphatic hydroxyl groups is 1. The number of nitrogens with zero attached hydrogens (tertiary/aromatic N) is 3. The molecule has 1 N–H and O–H groups in total. The van der Waals surface area contributed by atoms with Crippen molar-refractivity contribution in [1.29, 1.82) is 0 Å². The van der Waals surface area contributed by atoms with Gasteiger partial charge < -0.3 is 19.6 Å². The lowest BCUT2D eigenvalue weighted by molar-refractivity contribution is 0.0335. The highest BCUT2D eigenvalue weighted by Crippen LogP contribution is 2.15. The van der Waals surface area contributed by atoms with E-state index in [-0.39, 0.29) is 6.03 Å². The van der Waals surface area contributed by atoms with Gasteiger partial charge in [0.1, 0.15) is 0 Å². The third kappa shape index (κ3) is 4.22. The van der Waals surface area contributed by atoms with Crippen LogP contribution in [0.15, 0.2) is 30.3 Å². The van der Waals surface area contributed by atoms with Gasteiger partial charge >= 0.3 is 6.03 Å². The molecule has 1 aromatic rings. The Morgan fingerprint density at radius 1 is 1.00 bits per heavy atom. The molecule has 0 saturated carbocycles. The predicted octanol–water partition coefficient (Wildman–Crippen LogP) is 0.790. The standard InChI is InChI=1S/C17H25N3O3/c21-16(15-4-2-1-3-5-15)14-18-6-8-19(9-7-18)17(22)20-10-12-23-13-11-20/h1-5,16,21H,6-14H2. The Kier molecular flexibility index (Phi) is 5.48. The Bertz CT molecular complexity index is 497. The quantitative estimate of drug-likeness (QED) is 0.895. The molecule has 1 atom stereocenters. The smallest absolute Gasteiger partial charge is 0.320 e. The van der Waals surface area contributed by atoms with E-state index in [9.17, 15) is 9.90 Å². The van der Waals surface area contributed by atoms with Crippen molar-refractivity contribution in [2.75, 3.05) is 59.0 Å². The monoisotopic (exact) mass is 319 g/mol. The van der Waals surface area contributed by atoms with Gasteiger partial charge in [0, 0.05) is 45.8 Å². The fraction of sp³-hybridized carbons (Fsp3) is 0.588. The molecule has 23 heavy (non-hydrogen) atoms. The lowest BCUT2D eigenvalue weighted by Crippen LogP contribution is -2.55. The van der Waals surface area contributed by atoms with E-state index in [1.807, 2.05) is 40.1 Å². The van der Waals surface area contributed by atoms with Gasteiger partial charge in [-0.1, -0.05) is 30.3 Å². The molecule has 126 valence electrons. The summed E-state index contributed by atoms with van der Waals surface area (Å²) in [5.41, 5.74) is 0.944. The van der Waals surface area contributed by atoms with Crippen LogP contribution in [0.5, 0.6) is 0 Å². The van der Waals surface area contributed by atoms with Crippen molar-refractivity contribution in [2.45, 2.75) is 6.10 Å². The molecule has 6 heteroatoms. The van der Waals surface area contributed by atoms with Crippen LogP contribution in [-0.4, -0.2) is 84.9 Å². The third-order valence-electron chi connectivity index (χ3n) is 4.54. The van der Waals surface area contributed by atoms with Gasteiger partial charge in [-0.15, -0.1) is 0 Å². The van der Waals surface area contributed by atoms with Crippen molar-refractivity contribution in [1.82, 2.24) is 14.7 Å². The molecule has 3 rings (SSSR count). The van der Waals surface area contributed by atoms with Crippen LogP contribution in [-0.2, 0) is 4.74 Å².